The normalized spacial score (nSPS) is 17.3. The van der Waals surface area contributed by atoms with Crippen LogP contribution in [0.2, 0.25) is 0 Å². The highest BCUT2D eigenvalue weighted by Gasteiger charge is 2.41. The standard InChI is InChI=1S/C24H29N5O3/c1-2-3-4-5-7-17-10-12-18(13-11-17)14-15-20(30)19-8-6-9-21-22(19)32-24(25,16-31-21)23-26-28-29-27-23/h6,8-13H,2-5,7,14-16,25H2,1H3,(H,26,27,28,29). The van der Waals surface area contributed by atoms with Crippen LogP contribution in [0.15, 0.2) is 42.5 Å². The number of carbonyl (C=O) groups excluding carboxylic acids is 1. The Morgan fingerprint density at radius 2 is 1.88 bits per heavy atom. The van der Waals surface area contributed by atoms with Gasteiger partial charge in [0.15, 0.2) is 17.3 Å². The molecule has 0 amide bonds. The minimum atomic E-state index is -1.41. The van der Waals surface area contributed by atoms with Gasteiger partial charge in [0.2, 0.25) is 5.82 Å². The van der Waals surface area contributed by atoms with Crippen LogP contribution >= 0.6 is 0 Å². The van der Waals surface area contributed by atoms with Crippen molar-refractivity contribution >= 4 is 5.78 Å². The number of ether oxygens (including phenoxy) is 2. The number of aryl methyl sites for hydroxylation is 2. The van der Waals surface area contributed by atoms with Crippen molar-refractivity contribution < 1.29 is 14.3 Å². The van der Waals surface area contributed by atoms with Crippen molar-refractivity contribution in [3.05, 3.63) is 65.0 Å². The second-order valence-electron chi connectivity index (χ2n) is 8.20. The van der Waals surface area contributed by atoms with E-state index in [9.17, 15) is 4.79 Å². The summed E-state index contributed by atoms with van der Waals surface area (Å²) in [5, 5.41) is 13.7. The van der Waals surface area contributed by atoms with Crippen LogP contribution in [0.4, 0.5) is 0 Å². The number of hydrogen-bond donors (Lipinski definition) is 2. The molecule has 8 nitrogen and oxygen atoms in total. The van der Waals surface area contributed by atoms with Crippen molar-refractivity contribution in [2.45, 2.75) is 57.6 Å². The molecule has 2 heterocycles. The molecule has 0 bridgehead atoms. The van der Waals surface area contributed by atoms with E-state index < -0.39 is 5.72 Å². The maximum absolute atomic E-state index is 13.0. The van der Waals surface area contributed by atoms with Crippen molar-refractivity contribution in [1.29, 1.82) is 0 Å². The van der Waals surface area contributed by atoms with Crippen molar-refractivity contribution in [2.24, 2.45) is 5.73 Å². The predicted molar refractivity (Wildman–Crippen MR) is 120 cm³/mol. The average Bonchev–Trinajstić information content (AvgIpc) is 3.37. The van der Waals surface area contributed by atoms with E-state index in [1.807, 2.05) is 0 Å². The van der Waals surface area contributed by atoms with E-state index in [0.29, 0.717) is 29.9 Å². The Hall–Kier alpha value is -3.26. The van der Waals surface area contributed by atoms with Crippen LogP contribution in [-0.4, -0.2) is 33.0 Å². The molecule has 3 N–H and O–H groups in total. The minimum absolute atomic E-state index is 0.0158. The molecule has 0 saturated carbocycles. The largest absolute Gasteiger partial charge is 0.483 e. The van der Waals surface area contributed by atoms with E-state index in [4.69, 9.17) is 15.2 Å². The van der Waals surface area contributed by atoms with Gasteiger partial charge >= 0.3 is 0 Å². The molecule has 3 aromatic rings. The summed E-state index contributed by atoms with van der Waals surface area (Å²) in [7, 11) is 0. The number of nitrogens with two attached hydrogens (primary N) is 1. The predicted octanol–water partition coefficient (Wildman–Crippen LogP) is 3.72. The van der Waals surface area contributed by atoms with E-state index in [1.165, 1.54) is 31.2 Å². The number of Topliss-reactive ketones (excluding diaryl/α,β-unsaturated/α-hetero) is 1. The summed E-state index contributed by atoms with van der Waals surface area (Å²) >= 11 is 0. The second-order valence-corrected chi connectivity index (χ2v) is 8.20. The zero-order chi connectivity index (χ0) is 22.4. The summed E-state index contributed by atoms with van der Waals surface area (Å²) < 4.78 is 11.7. The van der Waals surface area contributed by atoms with Crippen molar-refractivity contribution in [3.8, 4) is 11.5 Å². The van der Waals surface area contributed by atoms with Gasteiger partial charge in [-0.1, -0.05) is 56.5 Å². The van der Waals surface area contributed by atoms with Gasteiger partial charge in [0.25, 0.3) is 5.72 Å². The fraction of sp³-hybridized carbons (Fsp3) is 0.417. The smallest absolute Gasteiger partial charge is 0.257 e. The molecule has 1 aromatic heterocycles. The lowest BCUT2D eigenvalue weighted by Crippen LogP contribution is -2.51. The number of hydrogen-bond acceptors (Lipinski definition) is 7. The van der Waals surface area contributed by atoms with Gasteiger partial charge in [-0.15, -0.1) is 10.2 Å². The molecular weight excluding hydrogens is 406 g/mol. The topological polar surface area (TPSA) is 116 Å². The third-order valence-corrected chi connectivity index (χ3v) is 5.71. The summed E-state index contributed by atoms with van der Waals surface area (Å²) in [6.45, 7) is 2.24. The Balaban J connectivity index is 1.40. The first kappa shape index (κ1) is 22.0. The number of rotatable bonds is 10. The Morgan fingerprint density at radius 1 is 1.09 bits per heavy atom. The summed E-state index contributed by atoms with van der Waals surface area (Å²) in [5.74, 6) is 0.929. The fourth-order valence-corrected chi connectivity index (χ4v) is 3.82. The third-order valence-electron chi connectivity index (χ3n) is 5.71. The highest BCUT2D eigenvalue weighted by Crippen LogP contribution is 2.39. The first-order chi connectivity index (χ1) is 15.6. The molecule has 1 aliphatic rings. The number of H-pyrrole nitrogens is 1. The number of aromatic amines is 1. The maximum atomic E-state index is 13.0. The zero-order valence-electron chi connectivity index (χ0n) is 18.3. The Bertz CT molecular complexity index is 1040. The zero-order valence-corrected chi connectivity index (χ0v) is 18.3. The van der Waals surface area contributed by atoms with E-state index in [-0.39, 0.29) is 18.2 Å². The molecule has 0 spiro atoms. The van der Waals surface area contributed by atoms with Crippen LogP contribution in [0, 0.1) is 0 Å². The van der Waals surface area contributed by atoms with Crippen molar-refractivity contribution in [1.82, 2.24) is 20.6 Å². The molecule has 1 atom stereocenters. The van der Waals surface area contributed by atoms with Gasteiger partial charge in [-0.2, -0.15) is 5.21 Å². The van der Waals surface area contributed by atoms with Gasteiger partial charge < -0.3 is 9.47 Å². The first-order valence-electron chi connectivity index (χ1n) is 11.2. The van der Waals surface area contributed by atoms with Crippen LogP contribution in [0.25, 0.3) is 0 Å². The van der Waals surface area contributed by atoms with Crippen LogP contribution in [0.1, 0.15) is 66.3 Å². The van der Waals surface area contributed by atoms with Gasteiger partial charge in [-0.05, 0) is 47.7 Å². The number of nitrogens with one attached hydrogen (secondary N) is 1. The van der Waals surface area contributed by atoms with Crippen LogP contribution < -0.4 is 15.2 Å². The maximum Gasteiger partial charge on any atom is 0.257 e. The van der Waals surface area contributed by atoms with E-state index in [1.54, 1.807) is 18.2 Å². The Kier molecular flexibility index (Phi) is 6.80. The SMILES string of the molecule is CCCCCCc1ccc(CCC(=O)c2cccc3c2OC(N)(c2nn[nH]n2)CO3)cc1. The summed E-state index contributed by atoms with van der Waals surface area (Å²) in [5.41, 5.74) is 7.80. The number of carbonyl (C=O) groups is 1. The van der Waals surface area contributed by atoms with Gasteiger partial charge in [0, 0.05) is 6.42 Å². The molecule has 8 heteroatoms. The Morgan fingerprint density at radius 3 is 2.59 bits per heavy atom. The third kappa shape index (κ3) is 4.96. The summed E-state index contributed by atoms with van der Waals surface area (Å²) in [6.07, 6.45) is 7.15. The lowest BCUT2D eigenvalue weighted by molar-refractivity contribution is -0.0155. The quantitative estimate of drug-likeness (QED) is 0.368. The lowest BCUT2D eigenvalue weighted by atomic mass is 9.99. The molecule has 0 aliphatic carbocycles. The molecule has 32 heavy (non-hydrogen) atoms. The molecule has 1 unspecified atom stereocenters. The number of tetrazole rings is 1. The molecule has 2 aromatic carbocycles. The van der Waals surface area contributed by atoms with E-state index in [2.05, 4.69) is 51.8 Å². The van der Waals surface area contributed by atoms with Crippen molar-refractivity contribution in [3.63, 3.8) is 0 Å². The molecule has 4 rings (SSSR count). The molecule has 0 saturated heterocycles. The van der Waals surface area contributed by atoms with Gasteiger partial charge in [-0.3, -0.25) is 10.5 Å². The van der Waals surface area contributed by atoms with E-state index >= 15 is 0 Å². The number of benzene rings is 2. The highest BCUT2D eigenvalue weighted by molar-refractivity contribution is 5.99. The number of nitrogens with zero attached hydrogens (tertiary/aromatic N) is 3. The first-order valence-corrected chi connectivity index (χ1v) is 11.2. The molecule has 168 valence electrons. The van der Waals surface area contributed by atoms with Crippen LogP contribution in [0.5, 0.6) is 11.5 Å². The second kappa shape index (κ2) is 9.91. The number of ketones is 1. The van der Waals surface area contributed by atoms with Crippen LogP contribution in [-0.2, 0) is 18.6 Å². The summed E-state index contributed by atoms with van der Waals surface area (Å²) in [4.78, 5) is 13.0. The summed E-state index contributed by atoms with van der Waals surface area (Å²) in [6, 6.07) is 13.8. The highest BCUT2D eigenvalue weighted by atomic mass is 16.6. The lowest BCUT2D eigenvalue weighted by Gasteiger charge is -2.33. The number of unbranched alkanes of at least 4 members (excludes halogenated alkanes) is 3. The molecular formula is C24H29N5O3. The fourth-order valence-electron chi connectivity index (χ4n) is 3.82. The van der Waals surface area contributed by atoms with Crippen molar-refractivity contribution in [2.75, 3.05) is 6.61 Å². The Labute approximate surface area is 187 Å². The molecule has 0 radical (unpaired) electrons. The van der Waals surface area contributed by atoms with Gasteiger partial charge in [0.05, 0.1) is 5.56 Å². The molecule has 1 aliphatic heterocycles. The monoisotopic (exact) mass is 435 g/mol. The number of fused-ring (bicyclic) bond motifs is 1. The van der Waals surface area contributed by atoms with E-state index in [0.717, 1.165) is 12.0 Å². The average molecular weight is 436 g/mol. The number of aromatic nitrogens is 4. The minimum Gasteiger partial charge on any atom is -0.483 e. The van der Waals surface area contributed by atoms with Gasteiger partial charge in [0.1, 0.15) is 6.61 Å². The van der Waals surface area contributed by atoms with Crippen LogP contribution in [0.3, 0.4) is 0 Å². The molecule has 0 fully saturated rings. The number of para-hydroxylation sites is 1. The van der Waals surface area contributed by atoms with Gasteiger partial charge in [-0.25, -0.2) is 0 Å².